The van der Waals surface area contributed by atoms with E-state index in [0.29, 0.717) is 0 Å². The normalized spacial score (nSPS) is 22.2. The number of hydrogen-bond donors (Lipinski definition) is 0. The van der Waals surface area contributed by atoms with Gasteiger partial charge in [0.05, 0.1) is 6.54 Å². The van der Waals surface area contributed by atoms with Crippen LogP contribution in [-0.4, -0.2) is 18.1 Å². The van der Waals surface area contributed by atoms with Gasteiger partial charge < -0.3 is 14.4 Å². The molecule has 0 saturated carbocycles. The van der Waals surface area contributed by atoms with Crippen LogP contribution in [0, 0.1) is 0 Å². The van der Waals surface area contributed by atoms with Gasteiger partial charge in [0.2, 0.25) is 5.88 Å². The lowest BCUT2D eigenvalue weighted by molar-refractivity contribution is 0.214. The Labute approximate surface area is 53.2 Å². The van der Waals surface area contributed by atoms with Crippen molar-refractivity contribution < 1.29 is 9.47 Å². The first-order chi connectivity index (χ1) is 4.47. The molecular weight excluding hydrogens is 118 g/mol. The van der Waals surface area contributed by atoms with Crippen LogP contribution in [0.25, 0.3) is 0 Å². The summed E-state index contributed by atoms with van der Waals surface area (Å²) in [5.41, 5.74) is 0. The van der Waals surface area contributed by atoms with Crippen LogP contribution in [0.1, 0.15) is 0 Å². The fraction of sp³-hybridized carbons (Fsp3) is 0.333. The zero-order chi connectivity index (χ0) is 6.10. The van der Waals surface area contributed by atoms with Crippen molar-refractivity contribution >= 4 is 0 Å². The highest BCUT2D eigenvalue weighted by atomic mass is 16.5. The van der Waals surface area contributed by atoms with E-state index < -0.39 is 0 Å². The third-order valence-corrected chi connectivity index (χ3v) is 1.35. The van der Waals surface area contributed by atoms with Gasteiger partial charge in [-0.3, -0.25) is 0 Å². The molecule has 0 atom stereocenters. The maximum atomic E-state index is 5.17. The molecule has 0 unspecified atom stereocenters. The average Bonchev–Trinajstić information content (AvgIpc) is 2.33. The zero-order valence-corrected chi connectivity index (χ0v) is 4.91. The lowest BCUT2D eigenvalue weighted by Gasteiger charge is -2.13. The molecule has 3 nitrogen and oxygen atoms in total. The molecule has 0 bridgehead atoms. The third kappa shape index (κ3) is 0.650. The zero-order valence-electron chi connectivity index (χ0n) is 4.91. The van der Waals surface area contributed by atoms with Crippen molar-refractivity contribution in [2.24, 2.45) is 0 Å². The van der Waals surface area contributed by atoms with Crippen molar-refractivity contribution in [3.63, 3.8) is 0 Å². The van der Waals surface area contributed by atoms with E-state index in [1.807, 2.05) is 11.1 Å². The number of fused-ring (bicyclic) bond motifs is 1. The second-order valence-electron chi connectivity index (χ2n) is 1.92. The third-order valence-electron chi connectivity index (χ3n) is 1.35. The van der Waals surface area contributed by atoms with Crippen molar-refractivity contribution in [1.82, 2.24) is 4.90 Å². The van der Waals surface area contributed by atoms with Crippen LogP contribution in [0.4, 0.5) is 0 Å². The second kappa shape index (κ2) is 1.69. The Bertz CT molecular complexity index is 174. The van der Waals surface area contributed by atoms with E-state index in [9.17, 15) is 0 Å². The van der Waals surface area contributed by atoms with Crippen molar-refractivity contribution in [2.45, 2.75) is 0 Å². The predicted octanol–water partition coefficient (Wildman–Crippen LogP) is 0.619. The molecule has 48 valence electrons. The van der Waals surface area contributed by atoms with Gasteiger partial charge in [0.25, 0.3) is 0 Å². The summed E-state index contributed by atoms with van der Waals surface area (Å²) in [7, 11) is 0. The van der Waals surface area contributed by atoms with Crippen molar-refractivity contribution in [2.75, 3.05) is 13.2 Å². The lowest BCUT2D eigenvalue weighted by atomic mass is 10.6. The summed E-state index contributed by atoms with van der Waals surface area (Å²) in [6.45, 7) is 1.70. The van der Waals surface area contributed by atoms with Crippen molar-refractivity contribution in [1.29, 1.82) is 0 Å². The first kappa shape index (κ1) is 4.73. The van der Waals surface area contributed by atoms with E-state index in [-0.39, 0.29) is 0 Å². The Balaban J connectivity index is 2.22. The summed E-state index contributed by atoms with van der Waals surface area (Å²) >= 11 is 0. The summed E-state index contributed by atoms with van der Waals surface area (Å²) in [6, 6.07) is 0. The van der Waals surface area contributed by atoms with E-state index >= 15 is 0 Å². The first-order valence-electron chi connectivity index (χ1n) is 2.88. The van der Waals surface area contributed by atoms with Crippen LogP contribution in [0.2, 0.25) is 0 Å². The molecule has 0 aromatic heterocycles. The van der Waals surface area contributed by atoms with Crippen LogP contribution in [0.15, 0.2) is 24.6 Å². The molecule has 0 spiro atoms. The molecule has 0 aromatic rings. The van der Waals surface area contributed by atoms with Gasteiger partial charge in [0, 0.05) is 6.20 Å². The van der Waals surface area contributed by atoms with Gasteiger partial charge in [-0.15, -0.1) is 0 Å². The largest absolute Gasteiger partial charge is 0.475 e. The standard InChI is InChI=1S/C6H7NO2/c1-3-8-5-6-7(1)2-4-9-6/h1,3,5H,2,4H2. The van der Waals surface area contributed by atoms with Crippen LogP contribution < -0.4 is 0 Å². The van der Waals surface area contributed by atoms with Crippen LogP contribution in [0.3, 0.4) is 0 Å². The monoisotopic (exact) mass is 125 g/mol. The molecule has 0 N–H and O–H groups in total. The quantitative estimate of drug-likeness (QED) is 0.473. The molecule has 2 rings (SSSR count). The van der Waals surface area contributed by atoms with E-state index in [4.69, 9.17) is 9.47 Å². The summed E-state index contributed by atoms with van der Waals surface area (Å²) < 4.78 is 10.0. The highest BCUT2D eigenvalue weighted by Gasteiger charge is 2.17. The maximum absolute atomic E-state index is 5.17. The van der Waals surface area contributed by atoms with Crippen molar-refractivity contribution in [3.05, 3.63) is 24.6 Å². The number of nitrogens with zero attached hydrogens (tertiary/aromatic N) is 1. The molecule has 3 heteroatoms. The van der Waals surface area contributed by atoms with Crippen LogP contribution in [0.5, 0.6) is 0 Å². The Kier molecular flexibility index (Phi) is 0.886. The lowest BCUT2D eigenvalue weighted by Crippen LogP contribution is -2.12. The number of rotatable bonds is 0. The van der Waals surface area contributed by atoms with Gasteiger partial charge >= 0.3 is 0 Å². The Morgan fingerprint density at radius 3 is 3.44 bits per heavy atom. The average molecular weight is 125 g/mol. The van der Waals surface area contributed by atoms with E-state index in [0.717, 1.165) is 19.0 Å². The van der Waals surface area contributed by atoms with Crippen molar-refractivity contribution in [3.8, 4) is 0 Å². The molecule has 1 saturated heterocycles. The van der Waals surface area contributed by atoms with E-state index in [1.165, 1.54) is 0 Å². The maximum Gasteiger partial charge on any atom is 0.230 e. The minimum atomic E-state index is 0.763. The summed E-state index contributed by atoms with van der Waals surface area (Å²) in [4.78, 5) is 2.00. The molecule has 2 aliphatic rings. The highest BCUT2D eigenvalue weighted by molar-refractivity contribution is 5.02. The fourth-order valence-electron chi connectivity index (χ4n) is 0.897. The van der Waals surface area contributed by atoms with Crippen LogP contribution >= 0.6 is 0 Å². The van der Waals surface area contributed by atoms with E-state index in [1.54, 1.807) is 12.5 Å². The summed E-state index contributed by atoms with van der Waals surface area (Å²) in [5, 5.41) is 0. The van der Waals surface area contributed by atoms with E-state index in [2.05, 4.69) is 0 Å². The predicted molar refractivity (Wildman–Crippen MR) is 31.0 cm³/mol. The topological polar surface area (TPSA) is 21.7 Å². The summed E-state index contributed by atoms with van der Waals surface area (Å²) in [6.07, 6.45) is 5.10. The molecule has 1 fully saturated rings. The molecule has 0 aromatic carbocycles. The minimum absolute atomic E-state index is 0.763. The molecule has 9 heavy (non-hydrogen) atoms. The first-order valence-corrected chi connectivity index (χ1v) is 2.88. The Morgan fingerprint density at radius 1 is 1.56 bits per heavy atom. The smallest absolute Gasteiger partial charge is 0.230 e. The number of ether oxygens (including phenoxy) is 2. The van der Waals surface area contributed by atoms with Gasteiger partial charge in [0.15, 0.2) is 6.26 Å². The molecule has 0 amide bonds. The van der Waals surface area contributed by atoms with Gasteiger partial charge in [-0.2, -0.15) is 0 Å². The summed E-state index contributed by atoms with van der Waals surface area (Å²) in [5.74, 6) is 0.817. The Morgan fingerprint density at radius 2 is 2.56 bits per heavy atom. The molecular formula is C6H7NO2. The van der Waals surface area contributed by atoms with Gasteiger partial charge in [0.1, 0.15) is 12.9 Å². The van der Waals surface area contributed by atoms with Gasteiger partial charge in [-0.1, -0.05) is 0 Å². The SMILES string of the molecule is C1=CN2CCOC2=CO1. The van der Waals surface area contributed by atoms with Crippen LogP contribution in [-0.2, 0) is 9.47 Å². The van der Waals surface area contributed by atoms with Gasteiger partial charge in [-0.05, 0) is 0 Å². The molecule has 0 radical (unpaired) electrons. The number of hydrogen-bond acceptors (Lipinski definition) is 3. The molecule has 0 aliphatic carbocycles. The minimum Gasteiger partial charge on any atom is -0.475 e. The molecule has 2 heterocycles. The molecule has 2 aliphatic heterocycles. The second-order valence-corrected chi connectivity index (χ2v) is 1.92. The Hall–Kier alpha value is -1.12. The highest BCUT2D eigenvalue weighted by Crippen LogP contribution is 2.16. The van der Waals surface area contributed by atoms with Gasteiger partial charge in [-0.25, -0.2) is 0 Å². The fourth-order valence-corrected chi connectivity index (χ4v) is 0.897.